The number of carbonyl (C=O) groups excluding carboxylic acids is 2. The van der Waals surface area contributed by atoms with Crippen LogP contribution in [0.2, 0.25) is 0 Å². The van der Waals surface area contributed by atoms with Gasteiger partial charge in [0.25, 0.3) is 0 Å². The van der Waals surface area contributed by atoms with Crippen LogP contribution in [0.1, 0.15) is 45.1 Å². The topological polar surface area (TPSA) is 58.6 Å². The fraction of sp³-hybridized carbons (Fsp3) is 0.579. The van der Waals surface area contributed by atoms with Gasteiger partial charge in [-0.2, -0.15) is 0 Å². The third-order valence-electron chi connectivity index (χ3n) is 4.53. The highest BCUT2D eigenvalue weighted by atomic mass is 16.5. The molecule has 5 heteroatoms. The van der Waals surface area contributed by atoms with E-state index in [1.54, 1.807) is 11.9 Å². The number of benzene rings is 1. The normalized spacial score (nSPS) is 15.8. The molecular weight excluding hydrogens is 304 g/mol. The van der Waals surface area contributed by atoms with Crippen molar-refractivity contribution < 1.29 is 14.3 Å². The summed E-state index contributed by atoms with van der Waals surface area (Å²) in [6, 6.07) is 7.37. The smallest absolute Gasteiger partial charge is 0.245 e. The number of hydrogen-bond donors (Lipinski definition) is 1. The van der Waals surface area contributed by atoms with Gasteiger partial charge >= 0.3 is 0 Å². The number of hydrogen-bond acceptors (Lipinski definition) is 3. The molecule has 1 aromatic carbocycles. The maximum Gasteiger partial charge on any atom is 0.245 e. The van der Waals surface area contributed by atoms with E-state index in [1.165, 1.54) is 6.92 Å². The first-order valence-corrected chi connectivity index (χ1v) is 8.75. The standard InChI is InChI=1S/C19H28N2O3/c1-4-24-17-11-9-15(10-12-17)13-21(3)19(23)18(20-14(2)22)16-7-5-6-8-16/h9-12,16,18H,4-8,13H2,1-3H3,(H,20,22). The average molecular weight is 332 g/mol. The molecule has 0 saturated heterocycles. The summed E-state index contributed by atoms with van der Waals surface area (Å²) in [6.45, 7) is 4.58. The van der Waals surface area contributed by atoms with E-state index in [0.717, 1.165) is 37.0 Å². The maximum absolute atomic E-state index is 12.8. The Morgan fingerprint density at radius 2 is 1.88 bits per heavy atom. The van der Waals surface area contributed by atoms with Crippen LogP contribution in [-0.2, 0) is 16.1 Å². The second kappa shape index (κ2) is 8.71. The molecule has 0 aliphatic heterocycles. The van der Waals surface area contributed by atoms with E-state index in [2.05, 4.69) is 5.32 Å². The van der Waals surface area contributed by atoms with Crippen molar-refractivity contribution in [2.75, 3.05) is 13.7 Å². The zero-order chi connectivity index (χ0) is 17.5. The third kappa shape index (κ3) is 4.98. The second-order valence-electron chi connectivity index (χ2n) is 6.49. The number of nitrogens with zero attached hydrogens (tertiary/aromatic N) is 1. The van der Waals surface area contributed by atoms with E-state index in [1.807, 2.05) is 31.2 Å². The summed E-state index contributed by atoms with van der Waals surface area (Å²) in [6.07, 6.45) is 4.29. The van der Waals surface area contributed by atoms with Gasteiger partial charge in [0.2, 0.25) is 11.8 Å². The maximum atomic E-state index is 12.8. The molecule has 1 saturated carbocycles. The molecule has 2 amide bonds. The minimum atomic E-state index is -0.405. The molecule has 1 fully saturated rings. The summed E-state index contributed by atoms with van der Waals surface area (Å²) in [5.41, 5.74) is 1.04. The molecule has 1 unspecified atom stereocenters. The van der Waals surface area contributed by atoms with Gasteiger partial charge in [-0.1, -0.05) is 25.0 Å². The van der Waals surface area contributed by atoms with Crippen LogP contribution in [0, 0.1) is 5.92 Å². The van der Waals surface area contributed by atoms with E-state index in [4.69, 9.17) is 4.74 Å². The van der Waals surface area contributed by atoms with Crippen molar-refractivity contribution in [1.29, 1.82) is 0 Å². The summed E-state index contributed by atoms with van der Waals surface area (Å²) in [7, 11) is 1.79. The zero-order valence-corrected chi connectivity index (χ0v) is 14.9. The highest BCUT2D eigenvalue weighted by molar-refractivity contribution is 5.87. The van der Waals surface area contributed by atoms with Gasteiger partial charge in [-0.05, 0) is 43.4 Å². The molecule has 1 atom stereocenters. The van der Waals surface area contributed by atoms with Crippen molar-refractivity contribution in [2.24, 2.45) is 5.92 Å². The summed E-state index contributed by atoms with van der Waals surface area (Å²) >= 11 is 0. The van der Waals surface area contributed by atoms with Crippen molar-refractivity contribution in [2.45, 2.75) is 52.1 Å². The molecule has 1 aliphatic rings. The predicted molar refractivity (Wildman–Crippen MR) is 93.6 cm³/mol. The first kappa shape index (κ1) is 18.3. The quantitative estimate of drug-likeness (QED) is 0.835. The molecule has 24 heavy (non-hydrogen) atoms. The molecule has 0 aromatic heterocycles. The molecule has 1 aliphatic carbocycles. The monoisotopic (exact) mass is 332 g/mol. The number of likely N-dealkylation sites (N-methyl/N-ethyl adjacent to an activating group) is 1. The minimum absolute atomic E-state index is 0.00835. The molecule has 1 N–H and O–H groups in total. The highest BCUT2D eigenvalue weighted by Crippen LogP contribution is 2.28. The lowest BCUT2D eigenvalue weighted by Gasteiger charge is -2.28. The van der Waals surface area contributed by atoms with Crippen LogP contribution < -0.4 is 10.1 Å². The van der Waals surface area contributed by atoms with Crippen LogP contribution in [0.4, 0.5) is 0 Å². The predicted octanol–water partition coefficient (Wildman–Crippen LogP) is 2.74. The molecule has 5 nitrogen and oxygen atoms in total. The summed E-state index contributed by atoms with van der Waals surface area (Å²) in [5, 5.41) is 2.86. The lowest BCUT2D eigenvalue weighted by atomic mass is 9.96. The van der Waals surface area contributed by atoms with Crippen molar-refractivity contribution in [3.05, 3.63) is 29.8 Å². The highest BCUT2D eigenvalue weighted by Gasteiger charge is 2.33. The molecule has 2 rings (SSSR count). The first-order valence-electron chi connectivity index (χ1n) is 8.75. The van der Waals surface area contributed by atoms with Gasteiger partial charge in [-0.15, -0.1) is 0 Å². The number of amides is 2. The Morgan fingerprint density at radius 1 is 1.25 bits per heavy atom. The third-order valence-corrected chi connectivity index (χ3v) is 4.53. The number of ether oxygens (including phenoxy) is 1. The largest absolute Gasteiger partial charge is 0.494 e. The molecule has 0 bridgehead atoms. The lowest BCUT2D eigenvalue weighted by molar-refractivity contribution is -0.137. The van der Waals surface area contributed by atoms with Gasteiger partial charge < -0.3 is 15.0 Å². The lowest BCUT2D eigenvalue weighted by Crippen LogP contribution is -2.50. The Kier molecular flexibility index (Phi) is 6.64. The van der Waals surface area contributed by atoms with Crippen LogP contribution in [0.25, 0.3) is 0 Å². The van der Waals surface area contributed by atoms with E-state index < -0.39 is 6.04 Å². The van der Waals surface area contributed by atoms with E-state index in [-0.39, 0.29) is 17.7 Å². The van der Waals surface area contributed by atoms with Crippen LogP contribution in [0.5, 0.6) is 5.75 Å². The van der Waals surface area contributed by atoms with Gasteiger partial charge in [-0.25, -0.2) is 0 Å². The number of carbonyl (C=O) groups is 2. The first-order chi connectivity index (χ1) is 11.5. The van der Waals surface area contributed by atoms with E-state index in [0.29, 0.717) is 13.2 Å². The van der Waals surface area contributed by atoms with Crippen LogP contribution in [-0.4, -0.2) is 36.4 Å². The van der Waals surface area contributed by atoms with Crippen molar-refractivity contribution >= 4 is 11.8 Å². The SMILES string of the molecule is CCOc1ccc(CN(C)C(=O)C(NC(C)=O)C2CCCC2)cc1. The number of nitrogens with one attached hydrogen (secondary N) is 1. The Labute approximate surface area is 144 Å². The molecule has 1 aromatic rings. The Bertz CT molecular complexity index is 550. The van der Waals surface area contributed by atoms with Crippen LogP contribution >= 0.6 is 0 Å². The van der Waals surface area contributed by atoms with Gasteiger partial charge in [0.15, 0.2) is 0 Å². The van der Waals surface area contributed by atoms with Gasteiger partial charge in [-0.3, -0.25) is 9.59 Å². The molecule has 0 spiro atoms. The molecule has 0 radical (unpaired) electrons. The van der Waals surface area contributed by atoms with E-state index in [9.17, 15) is 9.59 Å². The van der Waals surface area contributed by atoms with E-state index >= 15 is 0 Å². The van der Waals surface area contributed by atoms with Crippen LogP contribution in [0.3, 0.4) is 0 Å². The van der Waals surface area contributed by atoms with Crippen molar-refractivity contribution in [1.82, 2.24) is 10.2 Å². The molecule has 0 heterocycles. The summed E-state index contributed by atoms with van der Waals surface area (Å²) in [4.78, 5) is 26.0. The van der Waals surface area contributed by atoms with Gasteiger partial charge in [0, 0.05) is 20.5 Å². The summed E-state index contributed by atoms with van der Waals surface area (Å²) in [5.74, 6) is 0.933. The zero-order valence-electron chi connectivity index (χ0n) is 14.9. The van der Waals surface area contributed by atoms with Gasteiger partial charge in [0.1, 0.15) is 11.8 Å². The second-order valence-corrected chi connectivity index (χ2v) is 6.49. The Balaban J connectivity index is 2.00. The minimum Gasteiger partial charge on any atom is -0.494 e. The molecule has 132 valence electrons. The number of rotatable bonds is 7. The molecular formula is C19H28N2O3. The van der Waals surface area contributed by atoms with Crippen molar-refractivity contribution in [3.63, 3.8) is 0 Å². The Morgan fingerprint density at radius 3 is 2.42 bits per heavy atom. The Hall–Kier alpha value is -2.04. The fourth-order valence-electron chi connectivity index (χ4n) is 3.34. The van der Waals surface area contributed by atoms with Crippen molar-refractivity contribution in [3.8, 4) is 5.75 Å². The van der Waals surface area contributed by atoms with Crippen LogP contribution in [0.15, 0.2) is 24.3 Å². The average Bonchev–Trinajstić information content (AvgIpc) is 3.08. The fourth-order valence-corrected chi connectivity index (χ4v) is 3.34. The van der Waals surface area contributed by atoms with Gasteiger partial charge in [0.05, 0.1) is 6.61 Å². The summed E-state index contributed by atoms with van der Waals surface area (Å²) < 4.78 is 5.43.